The van der Waals surface area contributed by atoms with E-state index in [-0.39, 0.29) is 5.41 Å². The van der Waals surface area contributed by atoms with E-state index >= 15 is 0 Å². The molecule has 0 aromatic rings. The van der Waals surface area contributed by atoms with Crippen molar-refractivity contribution in [3.8, 4) is 0 Å². The fourth-order valence-electron chi connectivity index (χ4n) is 3.93. The largest absolute Gasteiger partial charge is 0.299 e. The average Bonchev–Trinajstić information content (AvgIpc) is 2.29. The molecule has 0 saturated heterocycles. The zero-order valence-electron chi connectivity index (χ0n) is 8.18. The second-order valence-electron chi connectivity index (χ2n) is 5.06. The lowest BCUT2D eigenvalue weighted by molar-refractivity contribution is -0.136. The Kier molecular flexibility index (Phi) is 1.24. The van der Waals surface area contributed by atoms with Crippen molar-refractivity contribution in [2.24, 2.45) is 16.7 Å². The van der Waals surface area contributed by atoms with Crippen molar-refractivity contribution in [1.82, 2.24) is 0 Å². The molecule has 2 saturated carbocycles. The SMILES string of the molecule is CC1CCC23C=CC12CCCC3=O. The van der Waals surface area contributed by atoms with Crippen LogP contribution in [0.2, 0.25) is 0 Å². The Morgan fingerprint density at radius 2 is 2.23 bits per heavy atom. The molecule has 0 heterocycles. The highest BCUT2D eigenvalue weighted by molar-refractivity contribution is 5.91. The van der Waals surface area contributed by atoms with Gasteiger partial charge in [0, 0.05) is 11.8 Å². The van der Waals surface area contributed by atoms with Crippen LogP contribution in [0, 0.1) is 16.7 Å². The molecule has 3 unspecified atom stereocenters. The minimum atomic E-state index is 0.0185. The van der Waals surface area contributed by atoms with Gasteiger partial charge in [0.15, 0.2) is 0 Å². The van der Waals surface area contributed by atoms with E-state index in [2.05, 4.69) is 19.1 Å². The summed E-state index contributed by atoms with van der Waals surface area (Å²) in [7, 11) is 0. The van der Waals surface area contributed by atoms with Crippen LogP contribution < -0.4 is 0 Å². The topological polar surface area (TPSA) is 17.1 Å². The zero-order valence-corrected chi connectivity index (χ0v) is 8.18. The summed E-state index contributed by atoms with van der Waals surface area (Å²) in [5.74, 6) is 1.27. The number of hydrogen-bond donors (Lipinski definition) is 0. The Bertz CT molecular complexity index is 304. The molecule has 0 N–H and O–H groups in total. The standard InChI is InChI=1S/C12H16O/c1-9-4-6-12-8-7-11(9,12)5-2-3-10(12)13/h7-9H,2-6H2,1H3. The van der Waals surface area contributed by atoms with Crippen molar-refractivity contribution >= 4 is 5.78 Å². The minimum Gasteiger partial charge on any atom is -0.299 e. The van der Waals surface area contributed by atoms with Gasteiger partial charge in [-0.2, -0.15) is 0 Å². The molecule has 0 aromatic carbocycles. The molecule has 2 fully saturated rings. The Labute approximate surface area is 79.2 Å². The second kappa shape index (κ2) is 2.08. The van der Waals surface area contributed by atoms with Gasteiger partial charge in [0.2, 0.25) is 0 Å². The van der Waals surface area contributed by atoms with E-state index in [9.17, 15) is 4.79 Å². The maximum Gasteiger partial charge on any atom is 0.143 e. The van der Waals surface area contributed by atoms with E-state index in [0.717, 1.165) is 25.2 Å². The lowest BCUT2D eigenvalue weighted by Crippen LogP contribution is -2.52. The number of carbonyl (C=O) groups excluding carboxylic acids is 1. The Balaban J connectivity index is 2.12. The number of ketones is 1. The number of carbonyl (C=O) groups is 1. The molecule has 0 bridgehead atoms. The molecule has 1 nitrogen and oxygen atoms in total. The predicted molar refractivity (Wildman–Crippen MR) is 51.3 cm³/mol. The van der Waals surface area contributed by atoms with E-state index in [1.165, 1.54) is 12.8 Å². The van der Waals surface area contributed by atoms with Gasteiger partial charge in [-0.25, -0.2) is 0 Å². The summed E-state index contributed by atoms with van der Waals surface area (Å²) >= 11 is 0. The molecular weight excluding hydrogens is 160 g/mol. The minimum absolute atomic E-state index is 0.0185. The number of rotatable bonds is 0. The summed E-state index contributed by atoms with van der Waals surface area (Å²) in [4.78, 5) is 11.9. The normalized spacial score (nSPS) is 52.7. The van der Waals surface area contributed by atoms with Gasteiger partial charge in [-0.15, -0.1) is 0 Å². The number of hydrogen-bond acceptors (Lipinski definition) is 1. The van der Waals surface area contributed by atoms with Crippen LogP contribution in [0.25, 0.3) is 0 Å². The average molecular weight is 176 g/mol. The molecule has 3 aliphatic rings. The Morgan fingerprint density at radius 1 is 1.38 bits per heavy atom. The molecular formula is C12H16O. The molecule has 0 spiro atoms. The lowest BCUT2D eigenvalue weighted by atomic mass is 9.48. The first-order valence-corrected chi connectivity index (χ1v) is 5.45. The van der Waals surface area contributed by atoms with Crippen molar-refractivity contribution in [3.63, 3.8) is 0 Å². The second-order valence-corrected chi connectivity index (χ2v) is 5.06. The highest BCUT2D eigenvalue weighted by Crippen LogP contribution is 2.68. The van der Waals surface area contributed by atoms with Crippen LogP contribution in [-0.4, -0.2) is 5.78 Å². The molecule has 0 aliphatic heterocycles. The van der Waals surface area contributed by atoms with Crippen molar-refractivity contribution in [2.75, 3.05) is 0 Å². The van der Waals surface area contributed by atoms with Gasteiger partial charge in [-0.05, 0) is 31.6 Å². The summed E-state index contributed by atoms with van der Waals surface area (Å²) < 4.78 is 0. The molecule has 3 aliphatic carbocycles. The van der Waals surface area contributed by atoms with Crippen LogP contribution >= 0.6 is 0 Å². The molecule has 0 aromatic heterocycles. The van der Waals surface area contributed by atoms with Gasteiger partial charge in [0.25, 0.3) is 0 Å². The van der Waals surface area contributed by atoms with Crippen molar-refractivity contribution in [3.05, 3.63) is 12.2 Å². The Hall–Kier alpha value is -0.590. The van der Waals surface area contributed by atoms with Crippen LogP contribution in [-0.2, 0) is 4.79 Å². The number of allylic oxidation sites excluding steroid dienone is 2. The molecule has 3 atom stereocenters. The van der Waals surface area contributed by atoms with Crippen LogP contribution in [0.1, 0.15) is 39.0 Å². The maximum absolute atomic E-state index is 11.9. The third-order valence-electron chi connectivity index (χ3n) is 4.84. The van der Waals surface area contributed by atoms with E-state index in [0.29, 0.717) is 11.2 Å². The summed E-state index contributed by atoms with van der Waals surface area (Å²) in [6.07, 6.45) is 10.1. The van der Waals surface area contributed by atoms with E-state index in [4.69, 9.17) is 0 Å². The summed E-state index contributed by atoms with van der Waals surface area (Å²) in [5.41, 5.74) is 0.326. The van der Waals surface area contributed by atoms with Gasteiger partial charge in [0.05, 0.1) is 5.41 Å². The maximum atomic E-state index is 11.9. The molecule has 70 valence electrons. The van der Waals surface area contributed by atoms with Gasteiger partial charge in [-0.3, -0.25) is 4.79 Å². The van der Waals surface area contributed by atoms with E-state index < -0.39 is 0 Å². The van der Waals surface area contributed by atoms with Crippen LogP contribution in [0.5, 0.6) is 0 Å². The highest BCUT2D eigenvalue weighted by atomic mass is 16.1. The fourth-order valence-corrected chi connectivity index (χ4v) is 3.93. The molecule has 3 rings (SSSR count). The van der Waals surface area contributed by atoms with Crippen LogP contribution in [0.3, 0.4) is 0 Å². The van der Waals surface area contributed by atoms with E-state index in [1.807, 2.05) is 0 Å². The molecule has 0 radical (unpaired) electrons. The molecule has 0 amide bonds. The summed E-state index contributed by atoms with van der Waals surface area (Å²) in [5, 5.41) is 0. The monoisotopic (exact) mass is 176 g/mol. The third kappa shape index (κ3) is 0.619. The quantitative estimate of drug-likeness (QED) is 0.519. The summed E-state index contributed by atoms with van der Waals surface area (Å²) in [6, 6.07) is 0. The van der Waals surface area contributed by atoms with Crippen molar-refractivity contribution in [1.29, 1.82) is 0 Å². The van der Waals surface area contributed by atoms with Gasteiger partial charge in [-0.1, -0.05) is 19.1 Å². The van der Waals surface area contributed by atoms with Crippen molar-refractivity contribution in [2.45, 2.75) is 39.0 Å². The number of Topliss-reactive ketones (excluding diaryl/α,β-unsaturated/α-hetero) is 1. The van der Waals surface area contributed by atoms with Gasteiger partial charge in [0.1, 0.15) is 5.78 Å². The first-order valence-electron chi connectivity index (χ1n) is 5.45. The molecule has 1 heteroatoms. The van der Waals surface area contributed by atoms with E-state index in [1.54, 1.807) is 0 Å². The predicted octanol–water partition coefficient (Wildman–Crippen LogP) is 2.71. The Morgan fingerprint density at radius 3 is 2.85 bits per heavy atom. The first kappa shape index (κ1) is 7.78. The van der Waals surface area contributed by atoms with Crippen LogP contribution in [0.15, 0.2) is 12.2 Å². The van der Waals surface area contributed by atoms with Gasteiger partial charge < -0.3 is 0 Å². The van der Waals surface area contributed by atoms with Gasteiger partial charge >= 0.3 is 0 Å². The third-order valence-corrected chi connectivity index (χ3v) is 4.84. The smallest absolute Gasteiger partial charge is 0.143 e. The van der Waals surface area contributed by atoms with Crippen LogP contribution in [0.4, 0.5) is 0 Å². The fraction of sp³-hybridized carbons (Fsp3) is 0.750. The summed E-state index contributed by atoms with van der Waals surface area (Å²) in [6.45, 7) is 2.32. The van der Waals surface area contributed by atoms with Crippen molar-refractivity contribution < 1.29 is 4.79 Å². The first-order chi connectivity index (χ1) is 6.21. The highest BCUT2D eigenvalue weighted by Gasteiger charge is 2.65. The molecule has 13 heavy (non-hydrogen) atoms. The lowest BCUT2D eigenvalue weighted by Gasteiger charge is -2.53. The zero-order chi connectivity index (χ0) is 9.10.